The predicted octanol–water partition coefficient (Wildman–Crippen LogP) is 4.42. The molecule has 1 unspecified atom stereocenters. The Bertz CT molecular complexity index is 1160. The van der Waals surface area contributed by atoms with Gasteiger partial charge in [0.1, 0.15) is 6.33 Å². The van der Waals surface area contributed by atoms with Gasteiger partial charge in [0.05, 0.1) is 17.8 Å². The van der Waals surface area contributed by atoms with Gasteiger partial charge in [0.15, 0.2) is 5.78 Å². The van der Waals surface area contributed by atoms with Crippen LogP contribution in [0.5, 0.6) is 0 Å². The van der Waals surface area contributed by atoms with E-state index in [0.29, 0.717) is 6.42 Å². The van der Waals surface area contributed by atoms with Crippen molar-refractivity contribution in [2.75, 3.05) is 13.1 Å². The van der Waals surface area contributed by atoms with Crippen molar-refractivity contribution in [3.8, 4) is 5.69 Å². The second-order valence-electron chi connectivity index (χ2n) is 8.48. The maximum atomic E-state index is 12.7. The van der Waals surface area contributed by atoms with Crippen LogP contribution >= 0.6 is 0 Å². The van der Waals surface area contributed by atoms with E-state index in [9.17, 15) is 9.59 Å². The molecule has 6 heteroatoms. The van der Waals surface area contributed by atoms with Crippen molar-refractivity contribution >= 4 is 11.4 Å². The molecule has 0 spiro atoms. The molecule has 166 valence electrons. The Labute approximate surface area is 188 Å². The summed E-state index contributed by atoms with van der Waals surface area (Å²) in [6.45, 7) is 7.39. The first-order valence-electron chi connectivity index (χ1n) is 11.3. The molecule has 0 bridgehead atoms. The first-order chi connectivity index (χ1) is 15.5. The molecule has 0 N–H and O–H groups in total. The zero-order valence-electron chi connectivity index (χ0n) is 18.9. The molecule has 0 saturated carbocycles. The SMILES string of the molecule is CCC(=O)C(c1ccccc1)N1CC=C(c2ccc(-n3cnn(C(C)C)c3=O)cc2)CC1. The molecular weight excluding hydrogens is 400 g/mol. The van der Waals surface area contributed by atoms with Crippen molar-refractivity contribution in [3.63, 3.8) is 0 Å². The fraction of sp³-hybridized carbons (Fsp3) is 0.346. The number of hydrogen-bond donors (Lipinski definition) is 0. The number of carbonyl (C=O) groups excluding carboxylic acids is 1. The van der Waals surface area contributed by atoms with Gasteiger partial charge in [0.25, 0.3) is 0 Å². The molecule has 0 fully saturated rings. The van der Waals surface area contributed by atoms with Crippen LogP contribution in [0.1, 0.15) is 56.8 Å². The topological polar surface area (TPSA) is 60.1 Å². The number of ketones is 1. The molecule has 0 saturated heterocycles. The standard InChI is InChI=1S/C26H30N4O2/c1-4-24(31)25(22-8-6-5-7-9-22)28-16-14-21(15-17-28)20-10-12-23(13-11-20)29-18-27-30(19(2)3)26(29)32/h5-14,18-19,25H,4,15-17H2,1-3H3. The Morgan fingerprint density at radius 3 is 2.34 bits per heavy atom. The summed E-state index contributed by atoms with van der Waals surface area (Å²) >= 11 is 0. The zero-order valence-corrected chi connectivity index (χ0v) is 18.9. The molecule has 1 aliphatic rings. The summed E-state index contributed by atoms with van der Waals surface area (Å²) in [6, 6.07) is 17.9. The van der Waals surface area contributed by atoms with Crippen molar-refractivity contribution in [2.24, 2.45) is 0 Å². The average Bonchev–Trinajstić information content (AvgIpc) is 3.22. The number of aromatic nitrogens is 3. The van der Waals surface area contributed by atoms with Gasteiger partial charge in [-0.3, -0.25) is 9.69 Å². The summed E-state index contributed by atoms with van der Waals surface area (Å²) in [6.07, 6.45) is 5.20. The number of benzene rings is 2. The van der Waals surface area contributed by atoms with Gasteiger partial charge in [0.2, 0.25) is 0 Å². The van der Waals surface area contributed by atoms with Gasteiger partial charge in [-0.1, -0.05) is 55.5 Å². The quantitative estimate of drug-likeness (QED) is 0.557. The Morgan fingerprint density at radius 2 is 1.78 bits per heavy atom. The molecule has 1 aliphatic heterocycles. The fourth-order valence-electron chi connectivity index (χ4n) is 4.29. The van der Waals surface area contributed by atoms with Crippen LogP contribution in [-0.2, 0) is 4.79 Å². The highest BCUT2D eigenvalue weighted by Gasteiger charge is 2.27. The van der Waals surface area contributed by atoms with Crippen LogP contribution in [0.25, 0.3) is 11.3 Å². The monoisotopic (exact) mass is 430 g/mol. The summed E-state index contributed by atoms with van der Waals surface area (Å²) in [7, 11) is 0. The minimum absolute atomic E-state index is 0.0256. The highest BCUT2D eigenvalue weighted by atomic mass is 16.2. The minimum Gasteiger partial charge on any atom is -0.298 e. The van der Waals surface area contributed by atoms with Gasteiger partial charge in [0, 0.05) is 19.5 Å². The zero-order chi connectivity index (χ0) is 22.7. The van der Waals surface area contributed by atoms with Crippen LogP contribution in [-0.4, -0.2) is 38.1 Å². The van der Waals surface area contributed by atoms with Crippen molar-refractivity contribution in [1.29, 1.82) is 0 Å². The molecule has 0 amide bonds. The first-order valence-corrected chi connectivity index (χ1v) is 11.3. The second-order valence-corrected chi connectivity index (χ2v) is 8.48. The number of Topliss-reactive ketones (excluding diaryl/α,β-unsaturated/α-hetero) is 1. The van der Waals surface area contributed by atoms with Crippen LogP contribution < -0.4 is 5.69 Å². The number of nitrogens with zero attached hydrogens (tertiary/aromatic N) is 4. The van der Waals surface area contributed by atoms with Crippen molar-refractivity contribution in [1.82, 2.24) is 19.2 Å². The molecule has 0 radical (unpaired) electrons. The predicted molar refractivity (Wildman–Crippen MR) is 127 cm³/mol. The van der Waals surface area contributed by atoms with Gasteiger partial charge >= 0.3 is 5.69 Å². The van der Waals surface area contributed by atoms with E-state index in [-0.39, 0.29) is 23.6 Å². The number of carbonyl (C=O) groups is 1. The molecular formula is C26H30N4O2. The molecule has 1 atom stereocenters. The maximum absolute atomic E-state index is 12.7. The van der Waals surface area contributed by atoms with Gasteiger partial charge in [-0.25, -0.2) is 14.0 Å². The molecule has 1 aromatic heterocycles. The highest BCUT2D eigenvalue weighted by molar-refractivity contribution is 5.85. The van der Waals surface area contributed by atoms with E-state index in [1.54, 1.807) is 10.9 Å². The van der Waals surface area contributed by atoms with Crippen LogP contribution in [0, 0.1) is 0 Å². The third kappa shape index (κ3) is 4.36. The van der Waals surface area contributed by atoms with Crippen LogP contribution in [0.4, 0.5) is 0 Å². The van der Waals surface area contributed by atoms with Crippen LogP contribution in [0.2, 0.25) is 0 Å². The smallest absolute Gasteiger partial charge is 0.298 e. The molecule has 32 heavy (non-hydrogen) atoms. The van der Waals surface area contributed by atoms with E-state index in [4.69, 9.17) is 0 Å². The summed E-state index contributed by atoms with van der Waals surface area (Å²) in [5.74, 6) is 0.254. The second kappa shape index (κ2) is 9.49. The molecule has 2 aromatic carbocycles. The van der Waals surface area contributed by atoms with E-state index in [1.165, 1.54) is 10.3 Å². The van der Waals surface area contributed by atoms with E-state index < -0.39 is 0 Å². The van der Waals surface area contributed by atoms with Gasteiger partial charge in [-0.15, -0.1) is 0 Å². The van der Waals surface area contributed by atoms with Gasteiger partial charge in [-0.2, -0.15) is 5.10 Å². The van der Waals surface area contributed by atoms with Crippen molar-refractivity contribution in [3.05, 3.63) is 88.6 Å². The van der Waals surface area contributed by atoms with Crippen LogP contribution in [0.15, 0.2) is 71.8 Å². The summed E-state index contributed by atoms with van der Waals surface area (Å²) in [5.41, 5.74) is 4.16. The molecule has 2 heterocycles. The number of rotatable bonds is 7. The molecule has 0 aliphatic carbocycles. The Balaban J connectivity index is 1.51. The first kappa shape index (κ1) is 22.0. The summed E-state index contributed by atoms with van der Waals surface area (Å²) in [4.78, 5) is 27.5. The highest BCUT2D eigenvalue weighted by Crippen LogP contribution is 2.29. The minimum atomic E-state index is -0.189. The molecule has 6 nitrogen and oxygen atoms in total. The summed E-state index contributed by atoms with van der Waals surface area (Å²) in [5, 5.41) is 4.20. The van der Waals surface area contributed by atoms with Gasteiger partial charge in [-0.05, 0) is 49.1 Å². The number of hydrogen-bond acceptors (Lipinski definition) is 4. The van der Waals surface area contributed by atoms with Gasteiger partial charge < -0.3 is 0 Å². The third-order valence-electron chi connectivity index (χ3n) is 6.07. The lowest BCUT2D eigenvalue weighted by Gasteiger charge is -2.33. The lowest BCUT2D eigenvalue weighted by molar-refractivity contribution is -0.124. The van der Waals surface area contributed by atoms with E-state index >= 15 is 0 Å². The van der Waals surface area contributed by atoms with E-state index in [0.717, 1.165) is 36.3 Å². The normalized spacial score (nSPS) is 15.6. The molecule has 3 aromatic rings. The van der Waals surface area contributed by atoms with Crippen molar-refractivity contribution in [2.45, 2.75) is 45.7 Å². The lowest BCUT2D eigenvalue weighted by Crippen LogP contribution is -2.37. The van der Waals surface area contributed by atoms with E-state index in [2.05, 4.69) is 28.2 Å². The Hall–Kier alpha value is -3.25. The van der Waals surface area contributed by atoms with E-state index in [1.807, 2.05) is 63.2 Å². The third-order valence-corrected chi connectivity index (χ3v) is 6.07. The average molecular weight is 431 g/mol. The Morgan fingerprint density at radius 1 is 1.06 bits per heavy atom. The maximum Gasteiger partial charge on any atom is 0.350 e. The van der Waals surface area contributed by atoms with Crippen LogP contribution in [0.3, 0.4) is 0 Å². The molecule has 4 rings (SSSR count). The largest absolute Gasteiger partial charge is 0.350 e. The fourth-order valence-corrected chi connectivity index (χ4v) is 4.29. The lowest BCUT2D eigenvalue weighted by atomic mass is 9.94. The summed E-state index contributed by atoms with van der Waals surface area (Å²) < 4.78 is 3.05. The Kier molecular flexibility index (Phi) is 6.51. The van der Waals surface area contributed by atoms with Crippen molar-refractivity contribution < 1.29 is 4.79 Å².